The van der Waals surface area contributed by atoms with Crippen LogP contribution in [-0.2, 0) is 0 Å². The Balaban J connectivity index is 2.52. The molecule has 5 heteroatoms. The zero-order chi connectivity index (χ0) is 10.8. The summed E-state index contributed by atoms with van der Waals surface area (Å²) in [4.78, 5) is 10.4. The summed E-state index contributed by atoms with van der Waals surface area (Å²) in [5.74, 6) is -0.405. The fraction of sp³-hybridized carbons (Fsp3) is 0. The van der Waals surface area contributed by atoms with Crippen LogP contribution in [0.25, 0.3) is 5.69 Å². The third-order valence-corrected chi connectivity index (χ3v) is 2.21. The summed E-state index contributed by atoms with van der Waals surface area (Å²) in [5, 5.41) is 4.27. The van der Waals surface area contributed by atoms with Crippen molar-refractivity contribution in [1.29, 1.82) is 0 Å². The van der Waals surface area contributed by atoms with Gasteiger partial charge >= 0.3 is 0 Å². The first-order valence-corrected chi connectivity index (χ1v) is 4.54. The molecule has 0 atom stereocenters. The van der Waals surface area contributed by atoms with Gasteiger partial charge in [-0.05, 0) is 12.1 Å². The molecule has 76 valence electrons. The number of rotatable bonds is 2. The number of aromatic nitrogens is 2. The summed E-state index contributed by atoms with van der Waals surface area (Å²) in [6.45, 7) is 0. The van der Waals surface area contributed by atoms with E-state index in [0.717, 1.165) is 0 Å². The van der Waals surface area contributed by atoms with Crippen LogP contribution in [-0.4, -0.2) is 16.1 Å². The quantitative estimate of drug-likeness (QED) is 0.735. The fourth-order valence-corrected chi connectivity index (χ4v) is 1.39. The number of nitrogens with zero attached hydrogens (tertiary/aromatic N) is 2. The third kappa shape index (κ3) is 1.89. The number of hydrogen-bond donors (Lipinski definition) is 0. The Morgan fingerprint density at radius 1 is 1.47 bits per heavy atom. The molecule has 0 amide bonds. The zero-order valence-electron chi connectivity index (χ0n) is 7.52. The molecule has 0 N–H and O–H groups in total. The predicted molar refractivity (Wildman–Crippen MR) is 53.9 cm³/mol. The predicted octanol–water partition coefficient (Wildman–Crippen LogP) is 2.48. The van der Waals surface area contributed by atoms with Gasteiger partial charge in [0.1, 0.15) is 5.82 Å². The van der Waals surface area contributed by atoms with E-state index >= 15 is 0 Å². The minimum atomic E-state index is -0.405. The topological polar surface area (TPSA) is 34.9 Å². The van der Waals surface area contributed by atoms with Crippen LogP contribution in [0.1, 0.15) is 10.4 Å². The van der Waals surface area contributed by atoms with E-state index in [4.69, 9.17) is 11.6 Å². The number of carbonyl (C=O) groups excluding carboxylic acids is 1. The number of hydrogen-bond acceptors (Lipinski definition) is 2. The molecule has 0 radical (unpaired) electrons. The maximum absolute atomic E-state index is 13.0. The first-order valence-electron chi connectivity index (χ1n) is 4.16. The molecule has 0 aliphatic rings. The van der Waals surface area contributed by atoms with E-state index in [1.807, 2.05) is 0 Å². The lowest BCUT2D eigenvalue weighted by Crippen LogP contribution is -1.95. The van der Waals surface area contributed by atoms with Crippen molar-refractivity contribution in [3.63, 3.8) is 0 Å². The van der Waals surface area contributed by atoms with E-state index in [9.17, 15) is 9.18 Å². The summed E-state index contributed by atoms with van der Waals surface area (Å²) in [6, 6.07) is 3.95. The molecule has 0 bridgehead atoms. The number of benzene rings is 1. The standard InChI is InChI=1S/C10H6ClFN2O/c11-9-2-1-8(12)3-10(9)14-5-7(6-15)4-13-14/h1-6H. The molecule has 1 aromatic carbocycles. The molecule has 2 rings (SSSR count). The average molecular weight is 225 g/mol. The van der Waals surface area contributed by atoms with Gasteiger partial charge in [0.05, 0.1) is 22.5 Å². The van der Waals surface area contributed by atoms with Gasteiger partial charge in [0.15, 0.2) is 6.29 Å². The Morgan fingerprint density at radius 3 is 2.93 bits per heavy atom. The van der Waals surface area contributed by atoms with Crippen molar-refractivity contribution in [3.05, 3.63) is 47.0 Å². The molecule has 0 saturated carbocycles. The highest BCUT2D eigenvalue weighted by molar-refractivity contribution is 6.32. The molecular weight excluding hydrogens is 219 g/mol. The molecule has 2 aromatic rings. The third-order valence-electron chi connectivity index (χ3n) is 1.89. The number of carbonyl (C=O) groups is 1. The van der Waals surface area contributed by atoms with E-state index in [1.54, 1.807) is 0 Å². The van der Waals surface area contributed by atoms with Crippen molar-refractivity contribution in [2.45, 2.75) is 0 Å². The van der Waals surface area contributed by atoms with Crippen LogP contribution < -0.4 is 0 Å². The van der Waals surface area contributed by atoms with Crippen LogP contribution in [0.4, 0.5) is 4.39 Å². The molecule has 0 saturated heterocycles. The van der Waals surface area contributed by atoms with Gasteiger partial charge in [-0.3, -0.25) is 4.79 Å². The molecule has 3 nitrogen and oxygen atoms in total. The molecule has 0 spiro atoms. The van der Waals surface area contributed by atoms with Crippen molar-refractivity contribution in [2.24, 2.45) is 0 Å². The lowest BCUT2D eigenvalue weighted by atomic mass is 10.3. The Bertz CT molecular complexity index is 510. The fourth-order valence-electron chi connectivity index (χ4n) is 1.19. The van der Waals surface area contributed by atoms with Crippen LogP contribution in [0.3, 0.4) is 0 Å². The van der Waals surface area contributed by atoms with Gasteiger partial charge in [-0.15, -0.1) is 0 Å². The Kier molecular flexibility index (Phi) is 2.51. The van der Waals surface area contributed by atoms with Gasteiger partial charge in [0.2, 0.25) is 0 Å². The van der Waals surface area contributed by atoms with Crippen LogP contribution in [0, 0.1) is 5.82 Å². The molecule has 15 heavy (non-hydrogen) atoms. The second-order valence-corrected chi connectivity index (χ2v) is 3.34. The summed E-state index contributed by atoms with van der Waals surface area (Å²) in [5.41, 5.74) is 0.820. The Morgan fingerprint density at radius 2 is 2.27 bits per heavy atom. The van der Waals surface area contributed by atoms with Gasteiger partial charge in [-0.2, -0.15) is 5.10 Å². The minimum Gasteiger partial charge on any atom is -0.298 e. The first-order chi connectivity index (χ1) is 7.20. The minimum absolute atomic E-state index is 0.372. The van der Waals surface area contributed by atoms with Crippen molar-refractivity contribution in [2.75, 3.05) is 0 Å². The van der Waals surface area contributed by atoms with Crippen molar-refractivity contribution < 1.29 is 9.18 Å². The van der Waals surface area contributed by atoms with Crippen LogP contribution in [0.2, 0.25) is 5.02 Å². The monoisotopic (exact) mass is 224 g/mol. The lowest BCUT2D eigenvalue weighted by Gasteiger charge is -2.03. The van der Waals surface area contributed by atoms with Gasteiger partial charge in [0, 0.05) is 12.3 Å². The van der Waals surface area contributed by atoms with Crippen molar-refractivity contribution in [3.8, 4) is 5.69 Å². The van der Waals surface area contributed by atoms with Crippen molar-refractivity contribution >= 4 is 17.9 Å². The van der Waals surface area contributed by atoms with E-state index in [-0.39, 0.29) is 0 Å². The average Bonchev–Trinajstić information content (AvgIpc) is 2.70. The van der Waals surface area contributed by atoms with Gasteiger partial charge in [-0.25, -0.2) is 9.07 Å². The molecule has 1 heterocycles. The maximum Gasteiger partial charge on any atom is 0.153 e. The Labute approximate surface area is 90.1 Å². The normalized spacial score (nSPS) is 10.3. The highest BCUT2D eigenvalue weighted by Gasteiger charge is 2.06. The Hall–Kier alpha value is -1.68. The SMILES string of the molecule is O=Cc1cnn(-c2cc(F)ccc2Cl)c1. The number of halogens is 2. The summed E-state index contributed by atoms with van der Waals surface area (Å²) in [6.07, 6.45) is 3.53. The zero-order valence-corrected chi connectivity index (χ0v) is 8.28. The van der Waals surface area contributed by atoms with Crippen LogP contribution in [0.5, 0.6) is 0 Å². The molecule has 0 unspecified atom stereocenters. The second-order valence-electron chi connectivity index (χ2n) is 2.93. The van der Waals surface area contributed by atoms with E-state index < -0.39 is 5.82 Å². The largest absolute Gasteiger partial charge is 0.298 e. The molecule has 0 aliphatic carbocycles. The van der Waals surface area contributed by atoms with Gasteiger partial charge in [0.25, 0.3) is 0 Å². The first kappa shape index (κ1) is 9.86. The van der Waals surface area contributed by atoms with E-state index in [0.29, 0.717) is 22.6 Å². The van der Waals surface area contributed by atoms with Gasteiger partial charge < -0.3 is 0 Å². The molecular formula is C10H6ClFN2O. The molecule has 0 fully saturated rings. The van der Waals surface area contributed by atoms with Gasteiger partial charge in [-0.1, -0.05) is 11.6 Å². The maximum atomic E-state index is 13.0. The number of aldehydes is 1. The summed E-state index contributed by atoms with van der Waals surface area (Å²) in [7, 11) is 0. The van der Waals surface area contributed by atoms with E-state index in [2.05, 4.69) is 5.10 Å². The summed E-state index contributed by atoms with van der Waals surface area (Å²) < 4.78 is 14.3. The highest BCUT2D eigenvalue weighted by atomic mass is 35.5. The smallest absolute Gasteiger partial charge is 0.153 e. The lowest BCUT2D eigenvalue weighted by molar-refractivity contribution is 0.112. The van der Waals surface area contributed by atoms with Crippen molar-refractivity contribution in [1.82, 2.24) is 9.78 Å². The highest BCUT2D eigenvalue weighted by Crippen LogP contribution is 2.20. The van der Waals surface area contributed by atoms with Crippen LogP contribution in [0.15, 0.2) is 30.6 Å². The second kappa shape index (κ2) is 3.82. The van der Waals surface area contributed by atoms with Crippen LogP contribution >= 0.6 is 11.6 Å². The van der Waals surface area contributed by atoms with E-state index in [1.165, 1.54) is 35.3 Å². The molecule has 1 aromatic heterocycles. The molecule has 0 aliphatic heterocycles. The summed E-state index contributed by atoms with van der Waals surface area (Å²) >= 11 is 5.87.